The number of rotatable bonds is 2. The molecule has 0 saturated heterocycles. The fraction of sp³-hybridized carbons (Fsp3) is 0.250. The number of nitrogens with two attached hydrogens (primary N) is 2. The monoisotopic (exact) mass is 293 g/mol. The number of hydrogen-bond donors (Lipinski definition) is 2. The highest BCUT2D eigenvalue weighted by molar-refractivity contribution is 7.89. The molecule has 1 aromatic carbocycles. The van der Waals surface area contributed by atoms with Crippen LogP contribution in [0.2, 0.25) is 0 Å². The van der Waals surface area contributed by atoms with Crippen LogP contribution in [0.5, 0.6) is 0 Å². The van der Waals surface area contributed by atoms with Crippen molar-refractivity contribution in [2.45, 2.75) is 18.0 Å². The number of imidazole rings is 1. The number of nitrogen functional groups attached to an aromatic ring is 1. The van der Waals surface area contributed by atoms with Gasteiger partial charge in [-0.15, -0.1) is 0 Å². The summed E-state index contributed by atoms with van der Waals surface area (Å²) >= 11 is 0. The molecule has 106 valence electrons. The SMILES string of the molecule is Nc1ccc(S(N)(=O)=O)cc1N1CCn2ccnc2C1. The molecule has 0 amide bonds. The molecule has 2 heterocycles. The van der Waals surface area contributed by atoms with Crippen molar-refractivity contribution in [3.8, 4) is 0 Å². The lowest BCUT2D eigenvalue weighted by atomic mass is 10.2. The Kier molecular flexibility index (Phi) is 2.91. The van der Waals surface area contributed by atoms with Crippen molar-refractivity contribution in [1.29, 1.82) is 0 Å². The van der Waals surface area contributed by atoms with Gasteiger partial charge in [0.05, 0.1) is 22.8 Å². The van der Waals surface area contributed by atoms with Crippen LogP contribution in [-0.4, -0.2) is 24.5 Å². The number of anilines is 2. The fourth-order valence-electron chi connectivity index (χ4n) is 2.35. The van der Waals surface area contributed by atoms with Gasteiger partial charge in [0.25, 0.3) is 0 Å². The highest BCUT2D eigenvalue weighted by atomic mass is 32.2. The molecular formula is C12H15N5O2S. The molecule has 0 saturated carbocycles. The lowest BCUT2D eigenvalue weighted by Gasteiger charge is -2.30. The van der Waals surface area contributed by atoms with Crippen molar-refractivity contribution in [3.63, 3.8) is 0 Å². The van der Waals surface area contributed by atoms with E-state index in [0.717, 1.165) is 18.9 Å². The molecule has 20 heavy (non-hydrogen) atoms. The predicted molar refractivity (Wildman–Crippen MR) is 75.5 cm³/mol. The summed E-state index contributed by atoms with van der Waals surface area (Å²) in [5.74, 6) is 0.927. The first-order valence-corrected chi connectivity index (χ1v) is 7.67. The molecule has 3 rings (SSSR count). The Morgan fingerprint density at radius 3 is 2.80 bits per heavy atom. The molecule has 0 spiro atoms. The van der Waals surface area contributed by atoms with E-state index in [9.17, 15) is 8.42 Å². The van der Waals surface area contributed by atoms with Crippen LogP contribution in [0.15, 0.2) is 35.5 Å². The number of hydrogen-bond acceptors (Lipinski definition) is 5. The molecule has 0 radical (unpaired) electrons. The molecule has 0 aliphatic carbocycles. The molecular weight excluding hydrogens is 278 g/mol. The van der Waals surface area contributed by atoms with E-state index >= 15 is 0 Å². The van der Waals surface area contributed by atoms with Gasteiger partial charge in [-0.3, -0.25) is 0 Å². The van der Waals surface area contributed by atoms with Gasteiger partial charge in [-0.25, -0.2) is 18.5 Å². The van der Waals surface area contributed by atoms with Gasteiger partial charge in [0, 0.05) is 25.5 Å². The number of benzene rings is 1. The number of primary sulfonamides is 1. The Hall–Kier alpha value is -2.06. The van der Waals surface area contributed by atoms with E-state index in [4.69, 9.17) is 10.9 Å². The zero-order chi connectivity index (χ0) is 14.3. The van der Waals surface area contributed by atoms with Crippen LogP contribution < -0.4 is 15.8 Å². The van der Waals surface area contributed by atoms with Gasteiger partial charge in [-0.2, -0.15) is 0 Å². The van der Waals surface area contributed by atoms with E-state index < -0.39 is 10.0 Å². The Morgan fingerprint density at radius 1 is 1.25 bits per heavy atom. The van der Waals surface area contributed by atoms with Crippen molar-refractivity contribution >= 4 is 21.4 Å². The number of nitrogens with zero attached hydrogens (tertiary/aromatic N) is 3. The maximum absolute atomic E-state index is 11.4. The Bertz CT molecular complexity index is 753. The van der Waals surface area contributed by atoms with Gasteiger partial charge in [0.2, 0.25) is 10.0 Å². The summed E-state index contributed by atoms with van der Waals surface area (Å²) < 4.78 is 24.9. The smallest absolute Gasteiger partial charge is 0.238 e. The predicted octanol–water partition coefficient (Wildman–Crippen LogP) is 0.133. The van der Waals surface area contributed by atoms with E-state index in [0.29, 0.717) is 17.9 Å². The molecule has 0 unspecified atom stereocenters. The van der Waals surface area contributed by atoms with E-state index in [2.05, 4.69) is 9.55 Å². The van der Waals surface area contributed by atoms with E-state index in [1.54, 1.807) is 12.3 Å². The molecule has 8 heteroatoms. The largest absolute Gasteiger partial charge is 0.397 e. The van der Waals surface area contributed by atoms with Gasteiger partial charge in [-0.1, -0.05) is 0 Å². The van der Waals surface area contributed by atoms with Crippen molar-refractivity contribution in [2.75, 3.05) is 17.2 Å². The summed E-state index contributed by atoms with van der Waals surface area (Å²) in [5.41, 5.74) is 7.15. The second kappa shape index (κ2) is 4.50. The van der Waals surface area contributed by atoms with Crippen molar-refractivity contribution in [1.82, 2.24) is 9.55 Å². The average molecular weight is 293 g/mol. The Labute approximate surface area is 116 Å². The first-order chi connectivity index (χ1) is 9.45. The summed E-state index contributed by atoms with van der Waals surface area (Å²) in [6, 6.07) is 4.50. The molecule has 1 aromatic heterocycles. The third-order valence-electron chi connectivity index (χ3n) is 3.42. The van der Waals surface area contributed by atoms with Crippen molar-refractivity contribution < 1.29 is 8.42 Å². The van der Waals surface area contributed by atoms with E-state index in [1.165, 1.54) is 12.1 Å². The summed E-state index contributed by atoms with van der Waals surface area (Å²) in [6.07, 6.45) is 3.68. The quantitative estimate of drug-likeness (QED) is 0.765. The summed E-state index contributed by atoms with van der Waals surface area (Å²) in [4.78, 5) is 6.34. The zero-order valence-corrected chi connectivity index (χ0v) is 11.5. The van der Waals surface area contributed by atoms with Gasteiger partial charge < -0.3 is 15.2 Å². The molecule has 1 aliphatic rings. The van der Waals surface area contributed by atoms with Crippen molar-refractivity contribution in [3.05, 3.63) is 36.4 Å². The maximum Gasteiger partial charge on any atom is 0.238 e. The molecule has 4 N–H and O–H groups in total. The lowest BCUT2D eigenvalue weighted by Crippen LogP contribution is -2.34. The topological polar surface area (TPSA) is 107 Å². The Balaban J connectivity index is 1.99. The van der Waals surface area contributed by atoms with Crippen LogP contribution in [0.4, 0.5) is 11.4 Å². The Morgan fingerprint density at radius 2 is 2.05 bits per heavy atom. The normalized spacial score (nSPS) is 15.2. The first kappa shape index (κ1) is 12.9. The van der Waals surface area contributed by atoms with Crippen LogP contribution >= 0.6 is 0 Å². The number of sulfonamides is 1. The van der Waals surface area contributed by atoms with E-state index in [-0.39, 0.29) is 4.90 Å². The minimum Gasteiger partial charge on any atom is -0.397 e. The molecule has 0 fully saturated rings. The summed E-state index contributed by atoms with van der Waals surface area (Å²) in [5, 5.41) is 5.16. The van der Waals surface area contributed by atoms with Gasteiger partial charge in [0.15, 0.2) is 0 Å². The molecule has 0 atom stereocenters. The van der Waals surface area contributed by atoms with E-state index in [1.807, 2.05) is 11.1 Å². The van der Waals surface area contributed by atoms with Gasteiger partial charge in [0.1, 0.15) is 5.82 Å². The second-order valence-electron chi connectivity index (χ2n) is 4.72. The fourth-order valence-corrected chi connectivity index (χ4v) is 2.89. The van der Waals surface area contributed by atoms with Gasteiger partial charge >= 0.3 is 0 Å². The molecule has 1 aliphatic heterocycles. The highest BCUT2D eigenvalue weighted by Gasteiger charge is 2.20. The standard InChI is InChI=1S/C12H15N5O2S/c13-10-2-1-9(20(14,18)19)7-11(10)17-6-5-16-4-3-15-12(16)8-17/h1-4,7H,5-6,8,13H2,(H2,14,18,19). The first-order valence-electron chi connectivity index (χ1n) is 6.12. The van der Waals surface area contributed by atoms with Crippen LogP contribution in [0, 0.1) is 0 Å². The second-order valence-corrected chi connectivity index (χ2v) is 6.29. The van der Waals surface area contributed by atoms with Crippen LogP contribution in [0.1, 0.15) is 5.82 Å². The zero-order valence-electron chi connectivity index (χ0n) is 10.7. The molecule has 2 aromatic rings. The van der Waals surface area contributed by atoms with Crippen LogP contribution in [0.25, 0.3) is 0 Å². The number of aromatic nitrogens is 2. The molecule has 7 nitrogen and oxygen atoms in total. The minimum absolute atomic E-state index is 0.0654. The number of fused-ring (bicyclic) bond motifs is 1. The summed E-state index contributed by atoms with van der Waals surface area (Å²) in [6.45, 7) is 2.11. The highest BCUT2D eigenvalue weighted by Crippen LogP contribution is 2.28. The minimum atomic E-state index is -3.73. The van der Waals surface area contributed by atoms with Crippen LogP contribution in [-0.2, 0) is 23.1 Å². The average Bonchev–Trinajstić information content (AvgIpc) is 2.85. The van der Waals surface area contributed by atoms with Crippen molar-refractivity contribution in [2.24, 2.45) is 5.14 Å². The lowest BCUT2D eigenvalue weighted by molar-refractivity contribution is 0.560. The third-order valence-corrected chi connectivity index (χ3v) is 4.33. The van der Waals surface area contributed by atoms with Crippen LogP contribution in [0.3, 0.4) is 0 Å². The maximum atomic E-state index is 11.4. The molecule has 0 bridgehead atoms. The third kappa shape index (κ3) is 2.23. The summed E-state index contributed by atoms with van der Waals surface area (Å²) in [7, 11) is -3.73. The van der Waals surface area contributed by atoms with Gasteiger partial charge in [-0.05, 0) is 18.2 Å².